The van der Waals surface area contributed by atoms with Crippen molar-refractivity contribution < 1.29 is 28.2 Å². The molecule has 6 rings (SSSR count). The smallest absolute Gasteiger partial charge is 0.343 e. The Morgan fingerprint density at radius 2 is 1.72 bits per heavy atom. The van der Waals surface area contributed by atoms with Crippen LogP contribution in [0.3, 0.4) is 0 Å². The Kier molecular flexibility index (Phi) is 6.22. The number of nitrogens with one attached hydrogen (secondary N) is 2. The average Bonchev–Trinajstić information content (AvgIpc) is 3.59. The lowest BCUT2D eigenvalue weighted by atomic mass is 10.0. The monoisotopic (exact) mass is 521 g/mol. The maximum Gasteiger partial charge on any atom is 0.343 e. The Morgan fingerprint density at radius 1 is 0.923 bits per heavy atom. The zero-order valence-corrected chi connectivity index (χ0v) is 20.3. The Balaban J connectivity index is 1.23. The van der Waals surface area contributed by atoms with Gasteiger partial charge in [-0.2, -0.15) is 5.10 Å². The first kappa shape index (κ1) is 23.9. The molecule has 0 fully saturated rings. The number of carbonyl (C=O) groups is 2. The molecular weight excluding hydrogens is 501 g/mol. The summed E-state index contributed by atoms with van der Waals surface area (Å²) in [7, 11) is 0. The molecule has 1 aliphatic heterocycles. The molecule has 0 radical (unpaired) electrons. The SMILES string of the molecule is O=C(Oc1ccccc1C=NNC(=O)c1[nH]c2c(F)cccc2c1-c1ccccc1)c1ccc2c(c1)OCO2. The van der Waals surface area contributed by atoms with Crippen LogP contribution in [0.5, 0.6) is 17.2 Å². The molecule has 0 saturated heterocycles. The molecule has 2 N–H and O–H groups in total. The summed E-state index contributed by atoms with van der Waals surface area (Å²) in [6.45, 7) is 0.0964. The molecule has 8 nitrogen and oxygen atoms in total. The molecular formula is C30H20FN3O5. The van der Waals surface area contributed by atoms with Gasteiger partial charge in [0, 0.05) is 16.5 Å². The summed E-state index contributed by atoms with van der Waals surface area (Å²) < 4.78 is 30.7. The van der Waals surface area contributed by atoms with Crippen molar-refractivity contribution in [1.82, 2.24) is 10.4 Å². The molecule has 39 heavy (non-hydrogen) atoms. The predicted octanol–water partition coefficient (Wildman–Crippen LogP) is 5.69. The summed E-state index contributed by atoms with van der Waals surface area (Å²) in [5, 5.41) is 4.65. The van der Waals surface area contributed by atoms with E-state index in [1.165, 1.54) is 12.3 Å². The van der Waals surface area contributed by atoms with Crippen molar-refractivity contribution >= 4 is 29.0 Å². The number of H-pyrrole nitrogens is 1. The van der Waals surface area contributed by atoms with Gasteiger partial charge in [0.15, 0.2) is 11.5 Å². The number of carbonyl (C=O) groups excluding carboxylic acids is 2. The van der Waals surface area contributed by atoms with Crippen LogP contribution in [0.15, 0.2) is 96.1 Å². The Bertz CT molecular complexity index is 1750. The second-order valence-electron chi connectivity index (χ2n) is 8.60. The van der Waals surface area contributed by atoms with Crippen LogP contribution in [0.1, 0.15) is 26.4 Å². The number of hydrogen-bond acceptors (Lipinski definition) is 6. The highest BCUT2D eigenvalue weighted by atomic mass is 19.1. The van der Waals surface area contributed by atoms with E-state index in [-0.39, 0.29) is 23.8 Å². The minimum Gasteiger partial charge on any atom is -0.454 e. The van der Waals surface area contributed by atoms with Crippen LogP contribution >= 0.6 is 0 Å². The van der Waals surface area contributed by atoms with Crippen LogP contribution in [-0.2, 0) is 0 Å². The minimum atomic E-state index is -0.592. The fraction of sp³-hybridized carbons (Fsp3) is 0.0333. The maximum absolute atomic E-state index is 14.5. The van der Waals surface area contributed by atoms with Crippen LogP contribution in [0, 0.1) is 5.82 Å². The number of aromatic nitrogens is 1. The predicted molar refractivity (Wildman–Crippen MR) is 143 cm³/mol. The van der Waals surface area contributed by atoms with Crippen LogP contribution in [0.25, 0.3) is 22.0 Å². The Morgan fingerprint density at radius 3 is 2.59 bits per heavy atom. The second-order valence-corrected chi connectivity index (χ2v) is 8.60. The fourth-order valence-corrected chi connectivity index (χ4v) is 4.34. The third kappa shape index (κ3) is 4.69. The average molecular weight is 522 g/mol. The molecule has 0 spiro atoms. The molecule has 0 aliphatic carbocycles. The van der Waals surface area contributed by atoms with Gasteiger partial charge >= 0.3 is 5.97 Å². The van der Waals surface area contributed by atoms with E-state index in [2.05, 4.69) is 15.5 Å². The maximum atomic E-state index is 14.5. The molecule has 5 aromatic rings. The highest BCUT2D eigenvalue weighted by Gasteiger charge is 2.21. The minimum absolute atomic E-state index is 0.0964. The van der Waals surface area contributed by atoms with Gasteiger partial charge in [0.25, 0.3) is 5.91 Å². The van der Waals surface area contributed by atoms with Crippen LogP contribution in [-0.4, -0.2) is 29.9 Å². The highest BCUT2D eigenvalue weighted by molar-refractivity contribution is 6.10. The number of hydrazone groups is 1. The number of nitrogens with zero attached hydrogens (tertiary/aromatic N) is 1. The summed E-state index contributed by atoms with van der Waals surface area (Å²) >= 11 is 0. The van der Waals surface area contributed by atoms with Gasteiger partial charge in [-0.05, 0) is 42.0 Å². The van der Waals surface area contributed by atoms with Crippen molar-refractivity contribution in [1.29, 1.82) is 0 Å². The van der Waals surface area contributed by atoms with Gasteiger partial charge in [0.1, 0.15) is 17.3 Å². The van der Waals surface area contributed by atoms with Crippen molar-refractivity contribution in [3.05, 3.63) is 114 Å². The van der Waals surface area contributed by atoms with E-state index in [1.807, 2.05) is 30.3 Å². The van der Waals surface area contributed by atoms with E-state index >= 15 is 0 Å². The third-order valence-electron chi connectivity index (χ3n) is 6.17. The molecule has 1 aliphatic rings. The van der Waals surface area contributed by atoms with Gasteiger partial charge in [0.05, 0.1) is 17.3 Å². The number of aromatic amines is 1. The molecule has 1 amide bonds. The van der Waals surface area contributed by atoms with Crippen LogP contribution < -0.4 is 19.6 Å². The van der Waals surface area contributed by atoms with Gasteiger partial charge in [-0.3, -0.25) is 4.79 Å². The molecule has 0 saturated carbocycles. The first-order valence-corrected chi connectivity index (χ1v) is 12.0. The number of rotatable bonds is 6. The largest absolute Gasteiger partial charge is 0.454 e. The van der Waals surface area contributed by atoms with Gasteiger partial charge in [-0.15, -0.1) is 0 Å². The zero-order valence-electron chi connectivity index (χ0n) is 20.3. The van der Waals surface area contributed by atoms with E-state index < -0.39 is 17.7 Å². The quantitative estimate of drug-likeness (QED) is 0.129. The number of esters is 1. The van der Waals surface area contributed by atoms with E-state index in [4.69, 9.17) is 14.2 Å². The topological polar surface area (TPSA) is 102 Å². The van der Waals surface area contributed by atoms with Gasteiger partial charge in [-0.1, -0.05) is 54.6 Å². The summed E-state index contributed by atoms with van der Waals surface area (Å²) in [6, 6.07) is 25.4. The lowest BCUT2D eigenvalue weighted by Crippen LogP contribution is -2.19. The number of fused-ring (bicyclic) bond motifs is 2. The number of hydrogen-bond donors (Lipinski definition) is 2. The second kappa shape index (κ2) is 10.1. The van der Waals surface area contributed by atoms with Gasteiger partial charge < -0.3 is 19.2 Å². The Hall–Kier alpha value is -5.44. The van der Waals surface area contributed by atoms with Crippen molar-refractivity contribution in [2.75, 3.05) is 6.79 Å². The fourth-order valence-electron chi connectivity index (χ4n) is 4.34. The number of benzene rings is 4. The van der Waals surface area contributed by atoms with E-state index in [0.717, 1.165) is 5.56 Å². The highest BCUT2D eigenvalue weighted by Crippen LogP contribution is 2.34. The van der Waals surface area contributed by atoms with E-state index in [9.17, 15) is 14.0 Å². The summed E-state index contributed by atoms with van der Waals surface area (Å²) in [5.41, 5.74) is 4.95. The summed E-state index contributed by atoms with van der Waals surface area (Å²) in [6.07, 6.45) is 1.37. The normalized spacial score (nSPS) is 12.1. The molecule has 9 heteroatoms. The van der Waals surface area contributed by atoms with Crippen LogP contribution in [0.4, 0.5) is 4.39 Å². The molecule has 4 aromatic carbocycles. The molecule has 0 atom stereocenters. The van der Waals surface area contributed by atoms with Crippen molar-refractivity contribution in [2.24, 2.45) is 5.10 Å². The molecule has 2 heterocycles. The van der Waals surface area contributed by atoms with E-state index in [1.54, 1.807) is 54.6 Å². The summed E-state index contributed by atoms with van der Waals surface area (Å²) in [4.78, 5) is 28.8. The Labute approximate surface area is 221 Å². The van der Waals surface area contributed by atoms with Crippen LogP contribution in [0.2, 0.25) is 0 Å². The van der Waals surface area contributed by atoms with Crippen molar-refractivity contribution in [3.63, 3.8) is 0 Å². The van der Waals surface area contributed by atoms with Gasteiger partial charge in [-0.25, -0.2) is 14.6 Å². The van der Waals surface area contributed by atoms with Crippen molar-refractivity contribution in [2.45, 2.75) is 0 Å². The first-order chi connectivity index (χ1) is 19.1. The number of para-hydroxylation sites is 2. The molecule has 0 bridgehead atoms. The number of ether oxygens (including phenoxy) is 3. The van der Waals surface area contributed by atoms with Crippen molar-refractivity contribution in [3.8, 4) is 28.4 Å². The number of amides is 1. The number of halogens is 1. The lowest BCUT2D eigenvalue weighted by Gasteiger charge is -2.08. The van der Waals surface area contributed by atoms with Gasteiger partial charge in [0.2, 0.25) is 6.79 Å². The van der Waals surface area contributed by atoms with E-state index in [0.29, 0.717) is 33.6 Å². The molecule has 192 valence electrons. The standard InChI is InChI=1S/C30H20FN3O5/c31-22-11-6-10-21-26(18-7-2-1-3-8-18)28(33-27(21)22)29(35)34-32-16-20-9-4-5-12-23(20)39-30(36)19-13-14-24-25(15-19)38-17-37-24/h1-16,33H,17H2,(H,34,35). The lowest BCUT2D eigenvalue weighted by molar-refractivity contribution is 0.0733. The third-order valence-corrected chi connectivity index (χ3v) is 6.17. The molecule has 1 aromatic heterocycles. The first-order valence-electron chi connectivity index (χ1n) is 12.0. The summed E-state index contributed by atoms with van der Waals surface area (Å²) in [5.74, 6) is -0.348. The molecule has 0 unspecified atom stereocenters. The zero-order chi connectivity index (χ0) is 26.8.